The maximum Gasteiger partial charge on any atom is 0.243 e. The smallest absolute Gasteiger partial charge is 0.243 e. The van der Waals surface area contributed by atoms with Gasteiger partial charge in [0.25, 0.3) is 0 Å². The van der Waals surface area contributed by atoms with Gasteiger partial charge in [0.1, 0.15) is 5.82 Å². The van der Waals surface area contributed by atoms with Gasteiger partial charge < -0.3 is 9.80 Å². The molecule has 0 atom stereocenters. The van der Waals surface area contributed by atoms with Crippen LogP contribution >= 0.6 is 0 Å². The molecule has 2 aromatic heterocycles. The van der Waals surface area contributed by atoms with Gasteiger partial charge in [-0.3, -0.25) is 0 Å². The summed E-state index contributed by atoms with van der Waals surface area (Å²) in [6.45, 7) is 5.78. The number of nitrogens with zero attached hydrogens (tertiary/aromatic N) is 8. The van der Waals surface area contributed by atoms with Crippen LogP contribution in [0, 0.1) is 11.7 Å². The number of piperazine rings is 1. The van der Waals surface area contributed by atoms with Gasteiger partial charge in [-0.05, 0) is 54.3 Å². The highest BCUT2D eigenvalue weighted by Crippen LogP contribution is 2.26. The molecule has 11 nitrogen and oxygen atoms in total. The number of sulfonamides is 1. The van der Waals surface area contributed by atoms with E-state index in [4.69, 9.17) is 0 Å². The topological polar surface area (TPSA) is 124 Å². The molecule has 1 aromatic carbocycles. The molecule has 0 bridgehead atoms. The summed E-state index contributed by atoms with van der Waals surface area (Å²) in [5.41, 5.74) is -0.0213. The Hall–Kier alpha value is -3.19. The summed E-state index contributed by atoms with van der Waals surface area (Å²) in [7, 11) is -3.81. The molecule has 0 unspecified atom stereocenters. The van der Waals surface area contributed by atoms with Crippen LogP contribution in [0.2, 0.25) is 0 Å². The Balaban J connectivity index is 1.25. The van der Waals surface area contributed by atoms with Crippen molar-refractivity contribution in [3.05, 3.63) is 36.1 Å². The Morgan fingerprint density at radius 2 is 1.56 bits per heavy atom. The lowest BCUT2D eigenvalue weighted by Crippen LogP contribution is -2.49. The molecule has 1 N–H and O–H groups in total. The largest absolute Gasteiger partial charge is 0.355 e. The number of H-pyrrole nitrogens is 1. The van der Waals surface area contributed by atoms with E-state index in [-0.39, 0.29) is 29.4 Å². The van der Waals surface area contributed by atoms with E-state index in [2.05, 4.69) is 42.6 Å². The lowest BCUT2D eigenvalue weighted by atomic mass is 9.99. The lowest BCUT2D eigenvalue weighted by molar-refractivity contribution is 0.383. The number of tetrazole rings is 1. The van der Waals surface area contributed by atoms with Crippen molar-refractivity contribution in [2.24, 2.45) is 5.92 Å². The van der Waals surface area contributed by atoms with E-state index in [0.717, 1.165) is 49.6 Å². The van der Waals surface area contributed by atoms with Crippen LogP contribution in [0.4, 0.5) is 16.0 Å². The van der Waals surface area contributed by atoms with Crippen molar-refractivity contribution in [2.45, 2.75) is 24.7 Å². The van der Waals surface area contributed by atoms with Crippen LogP contribution in [-0.4, -0.2) is 82.8 Å². The van der Waals surface area contributed by atoms with Crippen LogP contribution < -0.4 is 9.80 Å². The molecule has 5 rings (SSSR count). The number of nitrogens with one attached hydrogen (secondary N) is 1. The van der Waals surface area contributed by atoms with Crippen molar-refractivity contribution in [1.82, 2.24) is 35.1 Å². The number of hydrogen-bond donors (Lipinski definition) is 1. The normalized spacial score (nSPS) is 18.4. The minimum absolute atomic E-state index is 0.000422. The van der Waals surface area contributed by atoms with Gasteiger partial charge in [0, 0.05) is 39.3 Å². The monoisotopic (exact) mass is 487 g/mol. The average Bonchev–Trinajstić information content (AvgIpc) is 3.40. The number of aromatic nitrogens is 6. The zero-order valence-electron chi connectivity index (χ0n) is 18.8. The second kappa shape index (κ2) is 9.22. The van der Waals surface area contributed by atoms with Gasteiger partial charge in [-0.15, -0.1) is 20.4 Å². The number of aromatic amines is 1. The lowest BCUT2D eigenvalue weighted by Gasteiger charge is -2.35. The Kier molecular flexibility index (Phi) is 6.13. The van der Waals surface area contributed by atoms with Gasteiger partial charge in [0.05, 0.1) is 10.5 Å². The second-order valence-corrected chi connectivity index (χ2v) is 10.6. The summed E-state index contributed by atoms with van der Waals surface area (Å²) >= 11 is 0. The van der Waals surface area contributed by atoms with Crippen molar-refractivity contribution < 1.29 is 12.8 Å². The highest BCUT2D eigenvalue weighted by molar-refractivity contribution is 7.89. The molecule has 180 valence electrons. The predicted octanol–water partition coefficient (Wildman–Crippen LogP) is 1.54. The van der Waals surface area contributed by atoms with E-state index in [1.54, 1.807) is 0 Å². The van der Waals surface area contributed by atoms with Crippen LogP contribution in [0.15, 0.2) is 35.2 Å². The molecule has 4 heterocycles. The molecule has 34 heavy (non-hydrogen) atoms. The number of hydrogen-bond acceptors (Lipinski definition) is 9. The van der Waals surface area contributed by atoms with Gasteiger partial charge in [-0.2, -0.15) is 9.52 Å². The molecule has 2 saturated heterocycles. The first-order chi connectivity index (χ1) is 16.4. The summed E-state index contributed by atoms with van der Waals surface area (Å²) in [4.78, 5) is 4.27. The van der Waals surface area contributed by atoms with Crippen LogP contribution in [0.25, 0.3) is 11.4 Å². The number of anilines is 2. The second-order valence-electron chi connectivity index (χ2n) is 8.69. The molecule has 13 heteroatoms. The third-order valence-corrected chi connectivity index (χ3v) is 8.36. The number of halogens is 1. The van der Waals surface area contributed by atoms with Crippen LogP contribution in [-0.2, 0) is 10.0 Å². The molecule has 0 radical (unpaired) electrons. The minimum Gasteiger partial charge on any atom is -0.355 e. The summed E-state index contributed by atoms with van der Waals surface area (Å²) in [6, 6.07) is 7.54. The Morgan fingerprint density at radius 1 is 0.912 bits per heavy atom. The van der Waals surface area contributed by atoms with Gasteiger partial charge in [-0.25, -0.2) is 12.8 Å². The third kappa shape index (κ3) is 4.44. The molecule has 0 spiro atoms. The molecule has 2 fully saturated rings. The number of rotatable bonds is 5. The van der Waals surface area contributed by atoms with Crippen molar-refractivity contribution in [3.8, 4) is 11.4 Å². The van der Waals surface area contributed by atoms with Gasteiger partial charge in [0.15, 0.2) is 11.6 Å². The molecule has 3 aromatic rings. The molecule has 2 aliphatic heterocycles. The molecule has 2 aliphatic rings. The van der Waals surface area contributed by atoms with Gasteiger partial charge in [0.2, 0.25) is 15.8 Å². The van der Waals surface area contributed by atoms with E-state index < -0.39 is 15.8 Å². The van der Waals surface area contributed by atoms with Gasteiger partial charge >= 0.3 is 0 Å². The predicted molar refractivity (Wildman–Crippen MR) is 123 cm³/mol. The first-order valence-electron chi connectivity index (χ1n) is 11.3. The van der Waals surface area contributed by atoms with Crippen LogP contribution in [0.3, 0.4) is 0 Å². The summed E-state index contributed by atoms with van der Waals surface area (Å²) in [5.74, 6) is 1.74. The standard InChI is InChI=1S/C21H26FN9O2S/c1-15-6-8-29(9-7-15)19-4-5-20(24-23-19)30-10-12-31(13-11-30)34(32,33)16-2-3-18(22)17(14-16)21-25-27-28-26-21/h2-5,14-15H,6-13H2,1H3,(H,25,26,27,28). The average molecular weight is 488 g/mol. The van der Waals surface area contributed by atoms with E-state index in [9.17, 15) is 12.8 Å². The highest BCUT2D eigenvalue weighted by Gasteiger charge is 2.30. The first-order valence-corrected chi connectivity index (χ1v) is 12.7. The minimum atomic E-state index is -3.81. The van der Waals surface area contributed by atoms with Gasteiger partial charge in [-0.1, -0.05) is 6.92 Å². The molecule has 0 aliphatic carbocycles. The Labute approximate surface area is 197 Å². The zero-order chi connectivity index (χ0) is 23.7. The van der Waals surface area contributed by atoms with Crippen molar-refractivity contribution in [2.75, 3.05) is 49.1 Å². The van der Waals surface area contributed by atoms with Crippen molar-refractivity contribution >= 4 is 21.7 Å². The number of piperidine rings is 1. The molecular weight excluding hydrogens is 461 g/mol. The van der Waals surface area contributed by atoms with E-state index in [1.807, 2.05) is 17.0 Å². The fraction of sp³-hybridized carbons (Fsp3) is 0.476. The maximum absolute atomic E-state index is 14.2. The Bertz CT molecular complexity index is 1220. The van der Waals surface area contributed by atoms with Crippen LogP contribution in [0.5, 0.6) is 0 Å². The van der Waals surface area contributed by atoms with E-state index in [1.165, 1.54) is 16.4 Å². The third-order valence-electron chi connectivity index (χ3n) is 6.47. The fourth-order valence-corrected chi connectivity index (χ4v) is 5.76. The van der Waals surface area contributed by atoms with E-state index >= 15 is 0 Å². The van der Waals surface area contributed by atoms with E-state index in [0.29, 0.717) is 13.1 Å². The quantitative estimate of drug-likeness (QED) is 0.571. The summed E-state index contributed by atoms with van der Waals surface area (Å²) in [6.07, 6.45) is 2.31. The zero-order valence-corrected chi connectivity index (χ0v) is 19.6. The number of benzene rings is 1. The molecule has 0 saturated carbocycles. The first kappa shape index (κ1) is 22.6. The SMILES string of the molecule is CC1CCN(c2ccc(N3CCN(S(=O)(=O)c4ccc(F)c(-c5nn[nH]n5)c4)CC3)nn2)CC1. The van der Waals surface area contributed by atoms with Crippen molar-refractivity contribution in [3.63, 3.8) is 0 Å². The highest BCUT2D eigenvalue weighted by atomic mass is 32.2. The fourth-order valence-electron chi connectivity index (χ4n) is 4.31. The van der Waals surface area contributed by atoms with Crippen LogP contribution in [0.1, 0.15) is 19.8 Å². The Morgan fingerprint density at radius 3 is 2.15 bits per heavy atom. The summed E-state index contributed by atoms with van der Waals surface area (Å²) < 4.78 is 42.0. The van der Waals surface area contributed by atoms with Crippen molar-refractivity contribution in [1.29, 1.82) is 0 Å². The molecular formula is C21H26FN9O2S. The summed E-state index contributed by atoms with van der Waals surface area (Å²) in [5, 5.41) is 22.0. The maximum atomic E-state index is 14.2. The molecule has 0 amide bonds.